The lowest BCUT2D eigenvalue weighted by Gasteiger charge is -2.54. The molecule has 3 heterocycles. The number of likely N-dealkylation sites (tertiary alicyclic amines) is 1. The number of methoxy groups -OCH3 is 1. The highest BCUT2D eigenvalue weighted by atomic mass is 19.3. The number of benzene rings is 1. The first-order valence-electron chi connectivity index (χ1n) is 11.7. The van der Waals surface area contributed by atoms with E-state index in [9.17, 15) is 18.7 Å². The van der Waals surface area contributed by atoms with Crippen LogP contribution in [0.25, 0.3) is 10.9 Å². The fourth-order valence-electron chi connectivity index (χ4n) is 5.96. The topological polar surface area (TPSA) is 103 Å². The molecule has 186 valence electrons. The number of fused-ring (bicyclic) bond motifs is 1. The van der Waals surface area contributed by atoms with Gasteiger partial charge in [-0.25, -0.2) is 23.5 Å². The average molecular weight is 486 g/mol. The second-order valence-corrected chi connectivity index (χ2v) is 9.84. The number of aromatic amines is 1. The minimum atomic E-state index is -2.63. The Morgan fingerprint density at radius 1 is 1.40 bits per heavy atom. The number of alkyl halides is 2. The molecule has 8 nitrogen and oxygen atoms in total. The molecule has 2 fully saturated rings. The first-order valence-corrected chi connectivity index (χ1v) is 11.7. The monoisotopic (exact) mass is 485 g/mol. The van der Waals surface area contributed by atoms with Gasteiger partial charge < -0.3 is 20.1 Å². The van der Waals surface area contributed by atoms with Gasteiger partial charge in [0.15, 0.2) is 0 Å². The summed E-state index contributed by atoms with van der Waals surface area (Å²) in [5, 5.41) is 13.4. The minimum Gasteiger partial charge on any atom is -0.496 e. The number of aromatic nitrogens is 3. The van der Waals surface area contributed by atoms with Crippen LogP contribution in [0.3, 0.4) is 0 Å². The van der Waals surface area contributed by atoms with Crippen molar-refractivity contribution in [2.75, 3.05) is 26.0 Å². The van der Waals surface area contributed by atoms with Gasteiger partial charge in [-0.3, -0.25) is 4.90 Å². The molecule has 0 amide bonds. The summed E-state index contributed by atoms with van der Waals surface area (Å²) in [6, 6.07) is 3.77. The largest absolute Gasteiger partial charge is 0.496 e. The number of piperidine rings is 1. The Kier molecular flexibility index (Phi) is 5.66. The highest BCUT2D eigenvalue weighted by Gasteiger charge is 2.58. The number of halogens is 2. The molecule has 1 saturated carbocycles. The summed E-state index contributed by atoms with van der Waals surface area (Å²) in [6.07, 6.45) is 4.38. The number of hydrogen-bond acceptors (Lipinski definition) is 6. The van der Waals surface area contributed by atoms with Crippen molar-refractivity contribution in [3.8, 4) is 5.75 Å². The molecule has 1 aromatic carbocycles. The van der Waals surface area contributed by atoms with E-state index < -0.39 is 17.3 Å². The van der Waals surface area contributed by atoms with Gasteiger partial charge in [0.1, 0.15) is 11.6 Å². The molecule has 0 unspecified atom stereocenters. The number of H-pyrrole nitrogens is 1. The normalized spacial score (nSPS) is 21.1. The third-order valence-corrected chi connectivity index (χ3v) is 7.56. The van der Waals surface area contributed by atoms with E-state index in [1.165, 1.54) is 6.20 Å². The van der Waals surface area contributed by atoms with E-state index in [1.54, 1.807) is 14.2 Å². The predicted octanol–water partition coefficient (Wildman–Crippen LogP) is 4.77. The summed E-state index contributed by atoms with van der Waals surface area (Å²) in [7, 11) is 3.32. The maximum atomic E-state index is 14.0. The first kappa shape index (κ1) is 23.5. The summed E-state index contributed by atoms with van der Waals surface area (Å²) in [6.45, 7) is 3.18. The predicted molar refractivity (Wildman–Crippen MR) is 127 cm³/mol. The van der Waals surface area contributed by atoms with Gasteiger partial charge in [-0.1, -0.05) is 0 Å². The van der Waals surface area contributed by atoms with Crippen LogP contribution in [0.5, 0.6) is 5.75 Å². The lowest BCUT2D eigenvalue weighted by molar-refractivity contribution is -0.186. The van der Waals surface area contributed by atoms with E-state index in [0.717, 1.165) is 27.8 Å². The Labute approximate surface area is 201 Å². The van der Waals surface area contributed by atoms with E-state index in [1.807, 2.05) is 25.3 Å². The number of carboxylic acids is 1. The SMILES string of the molecule is CNc1nc(C(=O)O)ncc1[C@@H]1CC2(CCN1Cc1c(OC)cc(C)c3[nH]ccc13)CC(F)(F)C2. The molecule has 1 aliphatic heterocycles. The molecule has 2 aromatic heterocycles. The summed E-state index contributed by atoms with van der Waals surface area (Å²) in [5.41, 5.74) is 3.40. The zero-order valence-corrected chi connectivity index (χ0v) is 20.0. The fraction of sp³-hybridized carbons (Fsp3) is 0.480. The Morgan fingerprint density at radius 2 is 2.17 bits per heavy atom. The summed E-state index contributed by atoms with van der Waals surface area (Å²) in [5.74, 6) is -2.98. The van der Waals surface area contributed by atoms with Crippen LogP contribution in [-0.4, -0.2) is 57.6 Å². The quantitative estimate of drug-likeness (QED) is 0.462. The van der Waals surface area contributed by atoms with Crippen molar-refractivity contribution in [1.29, 1.82) is 0 Å². The van der Waals surface area contributed by atoms with Gasteiger partial charge in [0.05, 0.1) is 7.11 Å². The number of carbonyl (C=O) groups is 1. The molecule has 1 atom stereocenters. The van der Waals surface area contributed by atoms with Crippen molar-refractivity contribution < 1.29 is 23.4 Å². The van der Waals surface area contributed by atoms with Gasteiger partial charge in [0, 0.05) is 66.9 Å². The summed E-state index contributed by atoms with van der Waals surface area (Å²) in [4.78, 5) is 25.2. The van der Waals surface area contributed by atoms with Gasteiger partial charge in [0.25, 0.3) is 0 Å². The molecule has 35 heavy (non-hydrogen) atoms. The van der Waals surface area contributed by atoms with Crippen LogP contribution in [0.15, 0.2) is 24.5 Å². The first-order chi connectivity index (χ1) is 16.6. The number of hydrogen-bond donors (Lipinski definition) is 3. The molecular formula is C25H29F2N5O3. The molecule has 0 bridgehead atoms. The van der Waals surface area contributed by atoms with Crippen LogP contribution < -0.4 is 10.1 Å². The fourth-order valence-corrected chi connectivity index (χ4v) is 5.96. The Hall–Kier alpha value is -3.27. The van der Waals surface area contributed by atoms with Crippen LogP contribution in [-0.2, 0) is 6.54 Å². The number of nitrogens with zero attached hydrogens (tertiary/aromatic N) is 3. The number of aromatic carboxylic acids is 1. The second kappa shape index (κ2) is 8.44. The Balaban J connectivity index is 1.56. The van der Waals surface area contributed by atoms with Crippen molar-refractivity contribution in [2.45, 2.75) is 51.1 Å². The van der Waals surface area contributed by atoms with E-state index in [0.29, 0.717) is 37.3 Å². The summed E-state index contributed by atoms with van der Waals surface area (Å²) < 4.78 is 33.7. The lowest BCUT2D eigenvalue weighted by Crippen LogP contribution is -2.53. The van der Waals surface area contributed by atoms with E-state index >= 15 is 0 Å². The molecule has 1 aliphatic carbocycles. The zero-order valence-electron chi connectivity index (χ0n) is 20.0. The average Bonchev–Trinajstić information content (AvgIpc) is 3.30. The summed E-state index contributed by atoms with van der Waals surface area (Å²) >= 11 is 0. The molecule has 5 rings (SSSR count). The molecule has 3 N–H and O–H groups in total. The van der Waals surface area contributed by atoms with E-state index in [-0.39, 0.29) is 24.7 Å². The highest BCUT2D eigenvalue weighted by molar-refractivity contribution is 5.88. The number of ether oxygens (including phenoxy) is 1. The number of anilines is 1. The lowest BCUT2D eigenvalue weighted by atomic mass is 9.59. The van der Waals surface area contributed by atoms with E-state index in [2.05, 4.69) is 25.2 Å². The van der Waals surface area contributed by atoms with Gasteiger partial charge >= 0.3 is 5.97 Å². The Bertz CT molecular complexity index is 1280. The number of aryl methyl sites for hydroxylation is 1. The standard InChI is InChI=1S/C25H29F2N5O3/c1-14-8-19(35-3)17(15-4-6-29-20(14)15)11-32-7-5-24(12-25(26,27)13-24)9-18(32)16-10-30-22(23(33)34)31-21(16)28-2/h4,6,8,10,18,29H,5,7,9,11-13H2,1-3H3,(H,33,34)(H,28,30,31)/t18-/m0/s1. The van der Waals surface area contributed by atoms with Gasteiger partial charge in [-0.2, -0.15) is 0 Å². The molecular weight excluding hydrogens is 456 g/mol. The van der Waals surface area contributed by atoms with Crippen LogP contribution >= 0.6 is 0 Å². The molecule has 10 heteroatoms. The third kappa shape index (κ3) is 4.09. The molecule has 2 aliphatic rings. The van der Waals surface area contributed by atoms with Gasteiger partial charge in [0.2, 0.25) is 11.7 Å². The molecule has 1 saturated heterocycles. The van der Waals surface area contributed by atoms with Crippen molar-refractivity contribution in [3.05, 3.63) is 47.0 Å². The van der Waals surface area contributed by atoms with Gasteiger partial charge in [-0.05, 0) is 49.4 Å². The molecule has 1 spiro atoms. The van der Waals surface area contributed by atoms with Crippen LogP contribution in [0.1, 0.15) is 59.0 Å². The van der Waals surface area contributed by atoms with Gasteiger partial charge in [-0.15, -0.1) is 0 Å². The van der Waals surface area contributed by atoms with Crippen LogP contribution in [0.2, 0.25) is 0 Å². The maximum absolute atomic E-state index is 14.0. The smallest absolute Gasteiger partial charge is 0.374 e. The van der Waals surface area contributed by atoms with Crippen molar-refractivity contribution in [2.24, 2.45) is 5.41 Å². The minimum absolute atomic E-state index is 0.122. The molecule has 3 aromatic rings. The highest BCUT2D eigenvalue weighted by Crippen LogP contribution is 2.61. The third-order valence-electron chi connectivity index (χ3n) is 7.56. The second-order valence-electron chi connectivity index (χ2n) is 9.84. The van der Waals surface area contributed by atoms with Crippen molar-refractivity contribution in [1.82, 2.24) is 19.9 Å². The zero-order chi connectivity index (χ0) is 25.0. The number of rotatable bonds is 6. The Morgan fingerprint density at radius 3 is 2.83 bits per heavy atom. The maximum Gasteiger partial charge on any atom is 0.374 e. The van der Waals surface area contributed by atoms with Crippen LogP contribution in [0, 0.1) is 12.3 Å². The van der Waals surface area contributed by atoms with Crippen LogP contribution in [0.4, 0.5) is 14.6 Å². The number of carboxylic acid groups (broad SMARTS) is 1. The number of nitrogens with one attached hydrogen (secondary N) is 2. The van der Waals surface area contributed by atoms with Crippen molar-refractivity contribution in [3.63, 3.8) is 0 Å². The van der Waals surface area contributed by atoms with E-state index in [4.69, 9.17) is 4.74 Å². The van der Waals surface area contributed by atoms with Crippen molar-refractivity contribution >= 4 is 22.7 Å². The molecule has 0 radical (unpaired) electrons.